The summed E-state index contributed by atoms with van der Waals surface area (Å²) < 4.78 is 7.68. The zero-order chi connectivity index (χ0) is 17.7. The molecule has 1 atom stereocenters. The Morgan fingerprint density at radius 3 is 2.92 bits per heavy atom. The summed E-state index contributed by atoms with van der Waals surface area (Å²) in [5.74, 6) is 0.760. The van der Waals surface area contributed by atoms with Gasteiger partial charge in [0.05, 0.1) is 23.3 Å². The molecule has 26 heavy (non-hydrogen) atoms. The van der Waals surface area contributed by atoms with Crippen molar-refractivity contribution < 1.29 is 9.53 Å². The SMILES string of the molecule is C=C1NC(=O)C(CC2=CCc3ncc4nc(C5CCCCC5)cn4c32)O1. The molecule has 1 saturated carbocycles. The van der Waals surface area contributed by atoms with Crippen LogP contribution in [-0.4, -0.2) is 26.4 Å². The van der Waals surface area contributed by atoms with Crippen LogP contribution in [-0.2, 0) is 16.0 Å². The Morgan fingerprint density at radius 1 is 1.31 bits per heavy atom. The van der Waals surface area contributed by atoms with E-state index in [2.05, 4.69) is 33.6 Å². The summed E-state index contributed by atoms with van der Waals surface area (Å²) in [4.78, 5) is 21.5. The Morgan fingerprint density at radius 2 is 2.15 bits per heavy atom. The first-order chi connectivity index (χ1) is 12.7. The third-order valence-corrected chi connectivity index (χ3v) is 5.72. The first-order valence-electron chi connectivity index (χ1n) is 9.42. The van der Waals surface area contributed by atoms with Gasteiger partial charge in [0.2, 0.25) is 0 Å². The molecular weight excluding hydrogens is 328 g/mol. The standard InChI is InChI=1S/C20H22N4O2/c1-12-22-20(25)17(26-12)9-14-7-8-15-19(14)24-11-16(23-18(24)10-21-15)13-5-3-2-4-6-13/h7,10-11,13,17H,1-6,8-9H2,(H,22,25). The lowest BCUT2D eigenvalue weighted by Crippen LogP contribution is -2.23. The normalized spacial score (nSPS) is 23.1. The minimum absolute atomic E-state index is 0.127. The third-order valence-electron chi connectivity index (χ3n) is 5.72. The lowest BCUT2D eigenvalue weighted by molar-refractivity contribution is -0.123. The molecule has 0 bridgehead atoms. The maximum Gasteiger partial charge on any atom is 0.268 e. The number of ether oxygens (including phenoxy) is 1. The molecule has 3 aliphatic rings. The van der Waals surface area contributed by atoms with Gasteiger partial charge < -0.3 is 4.74 Å². The number of hydrogen-bond donors (Lipinski definition) is 1. The van der Waals surface area contributed by atoms with Crippen molar-refractivity contribution in [3.8, 4) is 0 Å². The van der Waals surface area contributed by atoms with Crippen LogP contribution in [0.15, 0.2) is 30.9 Å². The van der Waals surface area contributed by atoms with Crippen molar-refractivity contribution in [1.29, 1.82) is 0 Å². The number of imidazole rings is 1. The van der Waals surface area contributed by atoms with Crippen molar-refractivity contribution in [3.05, 3.63) is 48.0 Å². The van der Waals surface area contributed by atoms with E-state index in [1.807, 2.05) is 6.20 Å². The maximum absolute atomic E-state index is 12.0. The van der Waals surface area contributed by atoms with E-state index in [1.165, 1.54) is 37.8 Å². The van der Waals surface area contributed by atoms with Crippen LogP contribution in [0.2, 0.25) is 0 Å². The Kier molecular flexibility index (Phi) is 3.58. The van der Waals surface area contributed by atoms with Crippen LogP contribution in [0, 0.1) is 0 Å². The molecule has 3 heterocycles. The summed E-state index contributed by atoms with van der Waals surface area (Å²) in [5, 5.41) is 2.63. The van der Waals surface area contributed by atoms with Crippen molar-refractivity contribution >= 4 is 17.1 Å². The average Bonchev–Trinajstić information content (AvgIpc) is 3.33. The second kappa shape index (κ2) is 5.97. The second-order valence-corrected chi connectivity index (χ2v) is 7.44. The van der Waals surface area contributed by atoms with Crippen molar-refractivity contribution in [2.75, 3.05) is 0 Å². The van der Waals surface area contributed by atoms with E-state index in [0.29, 0.717) is 18.2 Å². The quantitative estimate of drug-likeness (QED) is 0.924. The Balaban J connectivity index is 1.49. The fraction of sp³-hybridized carbons (Fsp3) is 0.450. The van der Waals surface area contributed by atoms with Crippen LogP contribution in [0.1, 0.15) is 61.5 Å². The smallest absolute Gasteiger partial charge is 0.268 e. The van der Waals surface area contributed by atoms with Crippen LogP contribution in [0.5, 0.6) is 0 Å². The largest absolute Gasteiger partial charge is 0.466 e. The lowest BCUT2D eigenvalue weighted by Gasteiger charge is -2.19. The van der Waals surface area contributed by atoms with Crippen molar-refractivity contribution in [3.63, 3.8) is 0 Å². The fourth-order valence-electron chi connectivity index (χ4n) is 4.41. The molecule has 0 radical (unpaired) electrons. The molecule has 2 aromatic heterocycles. The highest BCUT2D eigenvalue weighted by atomic mass is 16.5. The molecule has 6 heteroatoms. The van der Waals surface area contributed by atoms with Gasteiger partial charge in [-0.15, -0.1) is 0 Å². The van der Waals surface area contributed by atoms with Gasteiger partial charge in [0.15, 0.2) is 17.6 Å². The van der Waals surface area contributed by atoms with Gasteiger partial charge in [-0.2, -0.15) is 0 Å². The molecular formula is C20H22N4O2. The molecule has 1 unspecified atom stereocenters. The first-order valence-corrected chi connectivity index (χ1v) is 9.42. The van der Waals surface area contributed by atoms with Crippen LogP contribution in [0.4, 0.5) is 0 Å². The van der Waals surface area contributed by atoms with Crippen LogP contribution >= 0.6 is 0 Å². The van der Waals surface area contributed by atoms with Gasteiger partial charge in [-0.3, -0.25) is 19.5 Å². The van der Waals surface area contributed by atoms with Gasteiger partial charge in [0, 0.05) is 25.0 Å². The number of rotatable bonds is 3. The topological polar surface area (TPSA) is 68.5 Å². The predicted molar refractivity (Wildman–Crippen MR) is 97.3 cm³/mol. The monoisotopic (exact) mass is 350 g/mol. The minimum Gasteiger partial charge on any atom is -0.466 e. The molecule has 0 aromatic carbocycles. The zero-order valence-corrected chi connectivity index (χ0v) is 14.7. The number of aromatic nitrogens is 3. The molecule has 1 aliphatic heterocycles. The van der Waals surface area contributed by atoms with Crippen molar-refractivity contribution in [2.24, 2.45) is 0 Å². The molecule has 1 N–H and O–H groups in total. The number of nitrogens with one attached hydrogen (secondary N) is 1. The molecule has 6 nitrogen and oxygen atoms in total. The van der Waals surface area contributed by atoms with Crippen molar-refractivity contribution in [2.45, 2.75) is 57.0 Å². The summed E-state index contributed by atoms with van der Waals surface area (Å²) in [5.41, 5.74) is 5.27. The number of nitrogens with zero attached hydrogens (tertiary/aromatic N) is 3. The van der Waals surface area contributed by atoms with E-state index >= 15 is 0 Å². The maximum atomic E-state index is 12.0. The number of carbonyl (C=O) groups excluding carboxylic acids is 1. The van der Waals surface area contributed by atoms with Gasteiger partial charge in [-0.25, -0.2) is 4.98 Å². The number of hydrogen-bond acceptors (Lipinski definition) is 4. The molecule has 2 fully saturated rings. The number of carbonyl (C=O) groups is 1. The predicted octanol–water partition coefficient (Wildman–Crippen LogP) is 3.09. The molecule has 2 aliphatic carbocycles. The van der Waals surface area contributed by atoms with E-state index in [0.717, 1.165) is 29.0 Å². The van der Waals surface area contributed by atoms with E-state index in [1.54, 1.807) is 0 Å². The van der Waals surface area contributed by atoms with Gasteiger partial charge in [0.1, 0.15) is 0 Å². The van der Waals surface area contributed by atoms with E-state index in [-0.39, 0.29) is 5.91 Å². The van der Waals surface area contributed by atoms with Gasteiger partial charge in [0.25, 0.3) is 5.91 Å². The highest BCUT2D eigenvalue weighted by Crippen LogP contribution is 2.35. The van der Waals surface area contributed by atoms with Gasteiger partial charge in [-0.1, -0.05) is 25.3 Å². The average molecular weight is 350 g/mol. The highest BCUT2D eigenvalue weighted by Gasteiger charge is 2.32. The zero-order valence-electron chi connectivity index (χ0n) is 14.7. The molecule has 5 rings (SSSR count). The minimum atomic E-state index is -0.517. The van der Waals surface area contributed by atoms with Crippen LogP contribution in [0.25, 0.3) is 11.2 Å². The Hall–Kier alpha value is -2.63. The molecule has 134 valence electrons. The second-order valence-electron chi connectivity index (χ2n) is 7.44. The number of allylic oxidation sites excluding steroid dienone is 1. The summed E-state index contributed by atoms with van der Waals surface area (Å²) in [6, 6.07) is 0. The van der Waals surface area contributed by atoms with Crippen molar-refractivity contribution in [1.82, 2.24) is 19.7 Å². The highest BCUT2D eigenvalue weighted by molar-refractivity contribution is 5.87. The Bertz CT molecular complexity index is 937. The lowest BCUT2D eigenvalue weighted by atomic mass is 9.87. The Labute approximate surface area is 152 Å². The van der Waals surface area contributed by atoms with Crippen LogP contribution < -0.4 is 5.32 Å². The summed E-state index contributed by atoms with van der Waals surface area (Å²) in [6.07, 6.45) is 13.3. The number of fused-ring (bicyclic) bond motifs is 3. The molecule has 2 aromatic rings. The molecule has 1 amide bonds. The summed E-state index contributed by atoms with van der Waals surface area (Å²) in [6.45, 7) is 3.68. The van der Waals surface area contributed by atoms with Gasteiger partial charge >= 0.3 is 0 Å². The first kappa shape index (κ1) is 15.6. The van der Waals surface area contributed by atoms with E-state index in [9.17, 15) is 4.79 Å². The third kappa shape index (κ3) is 2.52. The molecule has 0 spiro atoms. The fourth-order valence-corrected chi connectivity index (χ4v) is 4.41. The van der Waals surface area contributed by atoms with E-state index in [4.69, 9.17) is 9.72 Å². The van der Waals surface area contributed by atoms with Gasteiger partial charge in [-0.05, 0) is 25.0 Å². The summed E-state index contributed by atoms with van der Waals surface area (Å²) >= 11 is 0. The number of amides is 1. The van der Waals surface area contributed by atoms with E-state index < -0.39 is 6.10 Å². The molecule has 1 saturated heterocycles. The van der Waals surface area contributed by atoms with Crippen LogP contribution in [0.3, 0.4) is 0 Å². The summed E-state index contributed by atoms with van der Waals surface area (Å²) in [7, 11) is 0.